The van der Waals surface area contributed by atoms with Gasteiger partial charge in [-0.1, -0.05) is 12.6 Å². The van der Waals surface area contributed by atoms with Gasteiger partial charge in [0, 0.05) is 62.1 Å². The first-order valence-electron chi connectivity index (χ1n) is 15.1. The number of hydrogen-bond acceptors (Lipinski definition) is 7. The highest BCUT2D eigenvalue weighted by atomic mass is 16.5. The van der Waals surface area contributed by atoms with E-state index in [0.717, 1.165) is 62.5 Å². The fourth-order valence-corrected chi connectivity index (χ4v) is 5.94. The Morgan fingerprint density at radius 2 is 1.98 bits per heavy atom. The summed E-state index contributed by atoms with van der Waals surface area (Å²) in [7, 11) is 2.13. The van der Waals surface area contributed by atoms with Crippen LogP contribution in [0.2, 0.25) is 0 Å². The molecule has 1 saturated carbocycles. The van der Waals surface area contributed by atoms with E-state index in [9.17, 15) is 9.59 Å². The highest BCUT2D eigenvalue weighted by Crippen LogP contribution is 2.36. The van der Waals surface area contributed by atoms with Crippen LogP contribution >= 0.6 is 0 Å². The quantitative estimate of drug-likeness (QED) is 0.294. The number of carbonyl (C=O) groups excluding carboxylic acids is 2. The van der Waals surface area contributed by atoms with Gasteiger partial charge in [0.25, 0.3) is 0 Å². The highest BCUT2D eigenvalue weighted by Gasteiger charge is 2.32. The van der Waals surface area contributed by atoms with E-state index in [-0.39, 0.29) is 24.0 Å². The SMILES string of the molecule is [C-]#[N+]c1ccc(NC2CCC(N(C(=O)NCC3COC3)c3ccc(N4CCN(C)[C@@H](C)C4)c(NC(=O)C=C)c3)CC2)nc1. The molecule has 43 heavy (non-hydrogen) atoms. The van der Waals surface area contributed by atoms with E-state index < -0.39 is 0 Å². The first-order valence-corrected chi connectivity index (χ1v) is 15.1. The normalized spacial score (nSPS) is 22.5. The minimum atomic E-state index is -0.286. The number of nitrogens with zero attached hydrogens (tertiary/aromatic N) is 5. The van der Waals surface area contributed by atoms with Gasteiger partial charge >= 0.3 is 6.03 Å². The summed E-state index contributed by atoms with van der Waals surface area (Å²) in [4.78, 5) is 40.6. The number of urea groups is 1. The first-order chi connectivity index (χ1) is 20.8. The van der Waals surface area contributed by atoms with Gasteiger partial charge in [-0.25, -0.2) is 9.64 Å². The zero-order chi connectivity index (χ0) is 30.3. The molecule has 3 heterocycles. The van der Waals surface area contributed by atoms with Crippen LogP contribution < -0.4 is 25.8 Å². The number of amides is 3. The smallest absolute Gasteiger partial charge is 0.322 e. The lowest BCUT2D eigenvalue weighted by atomic mass is 9.89. The number of benzene rings is 1. The number of nitrogens with one attached hydrogen (secondary N) is 3. The number of carbonyl (C=O) groups is 2. The minimum absolute atomic E-state index is 0.00870. The zero-order valence-corrected chi connectivity index (χ0v) is 25.1. The number of likely N-dealkylation sites (N-methyl/N-ethyl adjacent to an activating group) is 1. The van der Waals surface area contributed by atoms with Gasteiger partial charge < -0.3 is 30.5 Å². The van der Waals surface area contributed by atoms with Gasteiger partial charge in [-0.15, -0.1) is 0 Å². The summed E-state index contributed by atoms with van der Waals surface area (Å²) in [5, 5.41) is 9.64. The highest BCUT2D eigenvalue weighted by molar-refractivity contribution is 6.02. The van der Waals surface area contributed by atoms with Gasteiger partial charge in [0.2, 0.25) is 11.6 Å². The molecule has 1 atom stereocenters. The summed E-state index contributed by atoms with van der Waals surface area (Å²) in [6, 6.07) is 10.0. The van der Waals surface area contributed by atoms with Crippen LogP contribution in [0.25, 0.3) is 4.85 Å². The van der Waals surface area contributed by atoms with Crippen LogP contribution in [0.15, 0.2) is 49.2 Å². The molecule has 1 aromatic carbocycles. The van der Waals surface area contributed by atoms with Crippen molar-refractivity contribution in [1.29, 1.82) is 0 Å². The maximum absolute atomic E-state index is 13.8. The number of piperazine rings is 1. The summed E-state index contributed by atoms with van der Waals surface area (Å²) < 4.78 is 5.30. The van der Waals surface area contributed by atoms with Crippen molar-refractivity contribution < 1.29 is 14.3 Å². The van der Waals surface area contributed by atoms with Gasteiger partial charge in [-0.05, 0) is 70.0 Å². The number of hydrogen-bond donors (Lipinski definition) is 3. The number of rotatable bonds is 9. The number of anilines is 4. The third kappa shape index (κ3) is 7.45. The van der Waals surface area contributed by atoms with E-state index in [2.05, 4.69) is 56.1 Å². The molecule has 2 aromatic rings. The molecule has 11 nitrogen and oxygen atoms in total. The van der Waals surface area contributed by atoms with Crippen molar-refractivity contribution >= 4 is 40.5 Å². The van der Waals surface area contributed by atoms with Crippen molar-refractivity contribution in [2.75, 3.05) is 66.9 Å². The average molecular weight is 587 g/mol. The Balaban J connectivity index is 1.36. The van der Waals surface area contributed by atoms with Crippen LogP contribution in [0, 0.1) is 12.5 Å². The van der Waals surface area contributed by atoms with E-state index in [0.29, 0.717) is 43.1 Å². The van der Waals surface area contributed by atoms with Crippen molar-refractivity contribution in [2.24, 2.45) is 5.92 Å². The van der Waals surface area contributed by atoms with Crippen molar-refractivity contribution in [1.82, 2.24) is 15.2 Å². The van der Waals surface area contributed by atoms with Crippen LogP contribution in [-0.2, 0) is 9.53 Å². The molecule has 3 fully saturated rings. The van der Waals surface area contributed by atoms with Crippen molar-refractivity contribution in [3.05, 3.63) is 60.6 Å². The van der Waals surface area contributed by atoms with E-state index in [1.165, 1.54) is 6.08 Å². The van der Waals surface area contributed by atoms with Crippen LogP contribution in [-0.4, -0.2) is 86.4 Å². The predicted molar refractivity (Wildman–Crippen MR) is 170 cm³/mol. The molecular formula is C32H42N8O3. The molecule has 0 bridgehead atoms. The van der Waals surface area contributed by atoms with Gasteiger partial charge in [0.15, 0.2) is 0 Å². The second-order valence-electron chi connectivity index (χ2n) is 11.8. The zero-order valence-electron chi connectivity index (χ0n) is 25.1. The second-order valence-corrected chi connectivity index (χ2v) is 11.8. The third-order valence-corrected chi connectivity index (χ3v) is 8.76. The van der Waals surface area contributed by atoms with E-state index in [1.54, 1.807) is 12.3 Å². The average Bonchev–Trinajstić information content (AvgIpc) is 2.99. The Morgan fingerprint density at radius 1 is 1.19 bits per heavy atom. The molecule has 3 N–H and O–H groups in total. The van der Waals surface area contributed by atoms with E-state index >= 15 is 0 Å². The number of ether oxygens (including phenoxy) is 1. The Kier molecular flexibility index (Phi) is 9.79. The molecule has 5 rings (SSSR count). The summed E-state index contributed by atoms with van der Waals surface area (Å²) in [5.41, 5.74) is 2.88. The van der Waals surface area contributed by atoms with Gasteiger partial charge in [-0.2, -0.15) is 0 Å². The fourth-order valence-electron chi connectivity index (χ4n) is 5.94. The summed E-state index contributed by atoms with van der Waals surface area (Å²) >= 11 is 0. The Morgan fingerprint density at radius 3 is 2.60 bits per heavy atom. The van der Waals surface area contributed by atoms with Gasteiger partial charge in [-0.3, -0.25) is 14.7 Å². The van der Waals surface area contributed by atoms with Crippen molar-refractivity contribution in [3.8, 4) is 0 Å². The molecule has 1 aromatic heterocycles. The second kappa shape index (κ2) is 13.9. The summed E-state index contributed by atoms with van der Waals surface area (Å²) in [6.07, 6.45) is 6.21. The lowest BCUT2D eigenvalue weighted by Crippen LogP contribution is -2.51. The Labute approximate surface area is 254 Å². The van der Waals surface area contributed by atoms with Crippen molar-refractivity contribution in [2.45, 2.75) is 50.7 Å². The maximum Gasteiger partial charge on any atom is 0.322 e. The van der Waals surface area contributed by atoms with Crippen LogP contribution in [0.5, 0.6) is 0 Å². The van der Waals surface area contributed by atoms with Gasteiger partial charge in [0.1, 0.15) is 5.82 Å². The largest absolute Gasteiger partial charge is 0.381 e. The molecular weight excluding hydrogens is 544 g/mol. The monoisotopic (exact) mass is 586 g/mol. The molecule has 2 aliphatic heterocycles. The fraction of sp³-hybridized carbons (Fsp3) is 0.500. The molecule has 3 aliphatic rings. The topological polar surface area (TPSA) is 106 Å². The van der Waals surface area contributed by atoms with Crippen LogP contribution in [0.1, 0.15) is 32.6 Å². The van der Waals surface area contributed by atoms with E-state index in [4.69, 9.17) is 11.3 Å². The van der Waals surface area contributed by atoms with Crippen LogP contribution in [0.4, 0.5) is 33.4 Å². The first kappa shape index (κ1) is 30.3. The van der Waals surface area contributed by atoms with Gasteiger partial charge in [0.05, 0.1) is 31.2 Å². The Hall–Kier alpha value is -4.14. The van der Waals surface area contributed by atoms with E-state index in [1.807, 2.05) is 29.2 Å². The number of aromatic nitrogens is 1. The number of pyridine rings is 1. The van der Waals surface area contributed by atoms with Crippen LogP contribution in [0.3, 0.4) is 0 Å². The molecule has 228 valence electrons. The molecule has 3 amide bonds. The third-order valence-electron chi connectivity index (χ3n) is 8.76. The molecule has 2 saturated heterocycles. The molecule has 1 aliphatic carbocycles. The molecule has 0 spiro atoms. The van der Waals surface area contributed by atoms with Crippen molar-refractivity contribution in [3.63, 3.8) is 0 Å². The standard InChI is InChI=1S/C32H42N8O3/c1-5-31(41)37-28-16-27(11-12-29(28)39-15-14-38(4)22(2)19-39)40(32(42)35-17-23-20-43-21-23)26-9-6-24(7-10-26)36-30-13-8-25(33-3)18-34-30/h5,8,11-13,16,18,22-24,26H,1,6-7,9-10,14-15,17,19-21H2,2,4H3,(H,34,36)(H,35,42)(H,37,41)/t22-,24?,26?/m0/s1. The summed E-state index contributed by atoms with van der Waals surface area (Å²) in [6.45, 7) is 17.5. The maximum atomic E-state index is 13.8. The summed E-state index contributed by atoms with van der Waals surface area (Å²) in [5.74, 6) is 0.798. The lowest BCUT2D eigenvalue weighted by molar-refractivity contribution is -0.111. The Bertz CT molecular complexity index is 1330. The molecule has 0 unspecified atom stereocenters. The molecule has 11 heteroatoms. The molecule has 0 radical (unpaired) electrons. The minimum Gasteiger partial charge on any atom is -0.381 e. The predicted octanol–water partition coefficient (Wildman–Crippen LogP) is 4.48. The lowest BCUT2D eigenvalue weighted by Gasteiger charge is -2.40.